The highest BCUT2D eigenvalue weighted by atomic mass is 16.5. The van der Waals surface area contributed by atoms with Crippen LogP contribution in [0.1, 0.15) is 43.0 Å². The zero-order chi connectivity index (χ0) is 26.0. The molecule has 5 nitrogen and oxygen atoms in total. The monoisotopic (exact) mass is 474 g/mol. The van der Waals surface area contributed by atoms with E-state index in [2.05, 4.69) is 50.4 Å². The van der Waals surface area contributed by atoms with Gasteiger partial charge < -0.3 is 24.9 Å². The van der Waals surface area contributed by atoms with Crippen LogP contribution in [0.25, 0.3) is 5.76 Å². The molecule has 2 N–H and O–H groups in total. The van der Waals surface area contributed by atoms with Gasteiger partial charge in [-0.3, -0.25) is 0 Å². The van der Waals surface area contributed by atoms with Gasteiger partial charge in [-0.05, 0) is 72.9 Å². The fourth-order valence-corrected chi connectivity index (χ4v) is 3.37. The number of benzene rings is 3. The molecule has 0 aliphatic heterocycles. The molecule has 5 heteroatoms. The number of hydrogen-bond donors (Lipinski definition) is 2. The van der Waals surface area contributed by atoms with Crippen molar-refractivity contribution in [3.63, 3.8) is 0 Å². The second kappa shape index (κ2) is 12.7. The van der Waals surface area contributed by atoms with Crippen molar-refractivity contribution in [3.05, 3.63) is 89.0 Å². The first-order chi connectivity index (χ1) is 16.6. The molecule has 0 saturated heterocycles. The Morgan fingerprint density at radius 1 is 0.857 bits per heavy atom. The van der Waals surface area contributed by atoms with Gasteiger partial charge in [0.1, 0.15) is 11.5 Å². The van der Waals surface area contributed by atoms with Gasteiger partial charge in [0, 0.05) is 24.5 Å². The Hall–Kier alpha value is -3.73. The van der Waals surface area contributed by atoms with Gasteiger partial charge in [0.25, 0.3) is 0 Å². The van der Waals surface area contributed by atoms with Crippen LogP contribution in [0.5, 0.6) is 17.2 Å². The first kappa shape index (κ1) is 27.5. The lowest BCUT2D eigenvalue weighted by Crippen LogP contribution is -2.10. The molecule has 3 aromatic rings. The predicted molar refractivity (Wildman–Crippen MR) is 148 cm³/mol. The van der Waals surface area contributed by atoms with Crippen LogP contribution >= 0.6 is 0 Å². The Morgan fingerprint density at radius 2 is 1.43 bits per heavy atom. The van der Waals surface area contributed by atoms with Gasteiger partial charge in [-0.25, -0.2) is 0 Å². The lowest BCUT2D eigenvalue weighted by Gasteiger charge is -2.18. The first-order valence-corrected chi connectivity index (χ1v) is 11.6. The molecule has 0 atom stereocenters. The maximum absolute atomic E-state index is 7.39. The van der Waals surface area contributed by atoms with Gasteiger partial charge in [-0.2, -0.15) is 0 Å². The van der Waals surface area contributed by atoms with E-state index < -0.39 is 0 Å². The minimum atomic E-state index is 0.256. The summed E-state index contributed by atoms with van der Waals surface area (Å²) in [4.78, 5) is 0. The van der Waals surface area contributed by atoms with Crippen molar-refractivity contribution in [2.45, 2.75) is 40.0 Å². The quantitative estimate of drug-likeness (QED) is 0.276. The molecular formula is C30H38N2O3. The number of nitrogens with one attached hydrogen (secondary N) is 2. The molecule has 0 saturated carbocycles. The molecule has 0 aliphatic rings. The molecule has 0 aliphatic carbocycles. The lowest BCUT2D eigenvalue weighted by molar-refractivity contribution is 0.354. The molecule has 0 bridgehead atoms. The fraction of sp³-hybridized carbons (Fsp3) is 0.300. The summed E-state index contributed by atoms with van der Waals surface area (Å²) in [6.45, 7) is 10.7. The van der Waals surface area contributed by atoms with Gasteiger partial charge in [-0.1, -0.05) is 50.6 Å². The van der Waals surface area contributed by atoms with Crippen molar-refractivity contribution in [2.24, 2.45) is 0 Å². The SMILES string of the molecule is CNc1ccc(C(C)(C)C)cc1.COc1cc(C)c(/C(=C\C=N)Oc2ccc(C)cc2)cc1OC. The zero-order valence-corrected chi connectivity index (χ0v) is 22.2. The molecule has 0 spiro atoms. The fourth-order valence-electron chi connectivity index (χ4n) is 3.37. The first-order valence-electron chi connectivity index (χ1n) is 11.6. The summed E-state index contributed by atoms with van der Waals surface area (Å²) >= 11 is 0. The molecule has 0 aromatic heterocycles. The van der Waals surface area contributed by atoms with Crippen LogP contribution in [-0.4, -0.2) is 27.5 Å². The van der Waals surface area contributed by atoms with Crippen molar-refractivity contribution in [3.8, 4) is 17.2 Å². The minimum Gasteiger partial charge on any atom is -0.493 e. The molecule has 0 amide bonds. The average molecular weight is 475 g/mol. The van der Waals surface area contributed by atoms with Crippen LogP contribution in [0.3, 0.4) is 0 Å². The maximum atomic E-state index is 7.39. The predicted octanol–water partition coefficient (Wildman–Crippen LogP) is 7.42. The highest BCUT2D eigenvalue weighted by Gasteiger charge is 2.14. The third-order valence-electron chi connectivity index (χ3n) is 5.52. The standard InChI is InChI=1S/C19H21NO3.C11H17N/c1-13-5-7-15(8-6-13)23-17(9-10-20)16-12-19(22-4)18(21-3)11-14(16)2;1-11(2,3)9-5-7-10(12-4)8-6-9/h5-12,20H,1-4H3;5-8,12H,1-4H3/b17-9+,20-10?;. The number of hydrogen-bond acceptors (Lipinski definition) is 5. The van der Waals surface area contributed by atoms with Crippen LogP contribution in [0, 0.1) is 19.3 Å². The third kappa shape index (κ3) is 7.92. The van der Waals surface area contributed by atoms with E-state index in [1.54, 1.807) is 20.3 Å². The molecule has 35 heavy (non-hydrogen) atoms. The average Bonchev–Trinajstić information content (AvgIpc) is 2.85. The minimum absolute atomic E-state index is 0.256. The Labute approximate surface area is 210 Å². The van der Waals surface area contributed by atoms with Crippen LogP contribution in [-0.2, 0) is 5.41 Å². The Kier molecular flexibility index (Phi) is 9.95. The Morgan fingerprint density at radius 3 is 1.91 bits per heavy atom. The van der Waals surface area contributed by atoms with E-state index in [4.69, 9.17) is 19.6 Å². The molecule has 0 heterocycles. The molecule has 186 valence electrons. The van der Waals surface area contributed by atoms with E-state index in [9.17, 15) is 0 Å². The number of rotatable bonds is 7. The molecule has 3 rings (SSSR count). The van der Waals surface area contributed by atoms with E-state index in [0.717, 1.165) is 22.4 Å². The second-order valence-corrected chi connectivity index (χ2v) is 9.21. The normalized spacial score (nSPS) is 11.1. The number of ether oxygens (including phenoxy) is 3. The number of anilines is 1. The molecule has 0 radical (unpaired) electrons. The topological polar surface area (TPSA) is 63.6 Å². The van der Waals surface area contributed by atoms with E-state index in [1.807, 2.05) is 57.3 Å². The van der Waals surface area contributed by atoms with E-state index in [1.165, 1.54) is 17.5 Å². The number of aryl methyl sites for hydroxylation is 2. The van der Waals surface area contributed by atoms with Gasteiger partial charge in [0.2, 0.25) is 0 Å². The highest BCUT2D eigenvalue weighted by Crippen LogP contribution is 2.34. The molecule has 3 aromatic carbocycles. The number of allylic oxidation sites excluding steroid dienone is 1. The highest BCUT2D eigenvalue weighted by molar-refractivity contribution is 5.82. The van der Waals surface area contributed by atoms with E-state index in [0.29, 0.717) is 17.3 Å². The summed E-state index contributed by atoms with van der Waals surface area (Å²) in [6.07, 6.45) is 2.83. The van der Waals surface area contributed by atoms with Crippen LogP contribution in [0.2, 0.25) is 0 Å². The summed E-state index contributed by atoms with van der Waals surface area (Å²) in [7, 11) is 5.14. The maximum Gasteiger partial charge on any atom is 0.161 e. The second-order valence-electron chi connectivity index (χ2n) is 9.21. The zero-order valence-electron chi connectivity index (χ0n) is 22.2. The summed E-state index contributed by atoms with van der Waals surface area (Å²) < 4.78 is 16.6. The van der Waals surface area contributed by atoms with Crippen LogP contribution < -0.4 is 19.5 Å². The van der Waals surface area contributed by atoms with Crippen molar-refractivity contribution >= 4 is 17.7 Å². The lowest BCUT2D eigenvalue weighted by atomic mass is 9.87. The Bertz CT molecular complexity index is 1130. The van der Waals surface area contributed by atoms with Crippen molar-refractivity contribution in [2.75, 3.05) is 26.6 Å². The van der Waals surface area contributed by atoms with Crippen molar-refractivity contribution in [1.29, 1.82) is 5.41 Å². The largest absolute Gasteiger partial charge is 0.493 e. The third-order valence-corrected chi connectivity index (χ3v) is 5.52. The Balaban J connectivity index is 0.000000303. The van der Waals surface area contributed by atoms with Gasteiger partial charge in [0.15, 0.2) is 11.5 Å². The van der Waals surface area contributed by atoms with Crippen LogP contribution in [0.15, 0.2) is 66.7 Å². The summed E-state index contributed by atoms with van der Waals surface area (Å²) in [6, 6.07) is 20.1. The van der Waals surface area contributed by atoms with Crippen molar-refractivity contribution < 1.29 is 14.2 Å². The smallest absolute Gasteiger partial charge is 0.161 e. The van der Waals surface area contributed by atoms with Gasteiger partial charge >= 0.3 is 0 Å². The summed E-state index contributed by atoms with van der Waals surface area (Å²) in [5, 5.41) is 10.5. The van der Waals surface area contributed by atoms with Crippen LogP contribution in [0.4, 0.5) is 5.69 Å². The van der Waals surface area contributed by atoms with Gasteiger partial charge in [0.05, 0.1) is 14.2 Å². The summed E-state index contributed by atoms with van der Waals surface area (Å²) in [5.74, 6) is 2.59. The van der Waals surface area contributed by atoms with E-state index in [-0.39, 0.29) is 5.41 Å². The number of methoxy groups -OCH3 is 2. The summed E-state index contributed by atoms with van der Waals surface area (Å²) in [5.41, 5.74) is 5.79. The van der Waals surface area contributed by atoms with Crippen molar-refractivity contribution in [1.82, 2.24) is 0 Å². The van der Waals surface area contributed by atoms with E-state index >= 15 is 0 Å². The molecular weight excluding hydrogens is 436 g/mol. The molecule has 0 fully saturated rings. The van der Waals surface area contributed by atoms with Gasteiger partial charge in [-0.15, -0.1) is 0 Å². The molecule has 0 unspecified atom stereocenters.